The third-order valence-electron chi connectivity index (χ3n) is 3.26. The van der Waals surface area contributed by atoms with Gasteiger partial charge in [0, 0.05) is 25.7 Å². The molecular weight excluding hydrogens is 186 g/mol. The zero-order valence-electron chi connectivity index (χ0n) is 10.6. The highest BCUT2D eigenvalue weighted by molar-refractivity contribution is 4.76. The van der Waals surface area contributed by atoms with Crippen molar-refractivity contribution >= 4 is 0 Å². The Morgan fingerprint density at radius 3 is 2.80 bits per heavy atom. The first-order chi connectivity index (χ1) is 7.11. The average molecular weight is 213 g/mol. The van der Waals surface area contributed by atoms with Crippen molar-refractivity contribution in [3.05, 3.63) is 0 Å². The van der Waals surface area contributed by atoms with Crippen LogP contribution >= 0.6 is 0 Å². The lowest BCUT2D eigenvalue weighted by molar-refractivity contribution is 0.256. The van der Waals surface area contributed by atoms with Gasteiger partial charge in [0.15, 0.2) is 0 Å². The number of likely N-dealkylation sites (N-methyl/N-ethyl adjacent to an activating group) is 1. The molecule has 90 valence electrons. The minimum atomic E-state index is 0.360. The third-order valence-corrected chi connectivity index (χ3v) is 3.26. The number of nitrogens with zero attached hydrogens (tertiary/aromatic N) is 2. The summed E-state index contributed by atoms with van der Waals surface area (Å²) in [7, 11) is 4.41. The maximum absolute atomic E-state index is 6.03. The second-order valence-electron chi connectivity index (χ2n) is 5.19. The topological polar surface area (TPSA) is 32.5 Å². The fourth-order valence-corrected chi connectivity index (χ4v) is 2.55. The zero-order valence-corrected chi connectivity index (χ0v) is 10.6. The molecular formula is C12H27N3. The molecule has 0 aromatic rings. The number of hydrogen-bond donors (Lipinski definition) is 1. The van der Waals surface area contributed by atoms with Crippen molar-refractivity contribution in [2.24, 2.45) is 11.7 Å². The van der Waals surface area contributed by atoms with Crippen molar-refractivity contribution in [2.45, 2.75) is 32.2 Å². The molecule has 3 nitrogen and oxygen atoms in total. The molecule has 2 N–H and O–H groups in total. The van der Waals surface area contributed by atoms with Gasteiger partial charge in [0.25, 0.3) is 0 Å². The van der Waals surface area contributed by atoms with E-state index < -0.39 is 0 Å². The summed E-state index contributed by atoms with van der Waals surface area (Å²) in [4.78, 5) is 4.83. The Hall–Kier alpha value is -0.120. The van der Waals surface area contributed by atoms with Crippen LogP contribution in [0.3, 0.4) is 0 Å². The third kappa shape index (κ3) is 4.96. The van der Waals surface area contributed by atoms with Crippen molar-refractivity contribution < 1.29 is 0 Å². The summed E-state index contributed by atoms with van der Waals surface area (Å²) in [5, 5.41) is 0. The van der Waals surface area contributed by atoms with Gasteiger partial charge in [0.05, 0.1) is 0 Å². The Morgan fingerprint density at radius 1 is 1.53 bits per heavy atom. The molecule has 1 heterocycles. The smallest absolute Gasteiger partial charge is 0.0167 e. The van der Waals surface area contributed by atoms with Gasteiger partial charge in [-0.05, 0) is 39.4 Å². The molecule has 15 heavy (non-hydrogen) atoms. The van der Waals surface area contributed by atoms with Crippen LogP contribution in [-0.4, -0.2) is 56.1 Å². The summed E-state index contributed by atoms with van der Waals surface area (Å²) in [6.45, 7) is 6.98. The van der Waals surface area contributed by atoms with E-state index in [0.717, 1.165) is 18.9 Å². The largest absolute Gasteiger partial charge is 0.327 e. The van der Waals surface area contributed by atoms with Gasteiger partial charge in [-0.1, -0.05) is 13.3 Å². The van der Waals surface area contributed by atoms with Crippen LogP contribution in [0.1, 0.15) is 26.2 Å². The van der Waals surface area contributed by atoms with Gasteiger partial charge >= 0.3 is 0 Å². The van der Waals surface area contributed by atoms with Crippen LogP contribution in [0.2, 0.25) is 0 Å². The van der Waals surface area contributed by atoms with E-state index in [0.29, 0.717) is 6.04 Å². The Morgan fingerprint density at radius 2 is 2.27 bits per heavy atom. The molecule has 0 aliphatic carbocycles. The molecule has 1 rings (SSSR count). The predicted molar refractivity (Wildman–Crippen MR) is 66.0 cm³/mol. The average Bonchev–Trinajstić information content (AvgIpc) is 2.51. The van der Waals surface area contributed by atoms with Gasteiger partial charge in [0.2, 0.25) is 0 Å². The summed E-state index contributed by atoms with van der Waals surface area (Å²) in [5.74, 6) is 0.855. The SMILES string of the molecule is CCCC(N)CN(C)CC1CCN(C)C1. The van der Waals surface area contributed by atoms with Crippen LogP contribution < -0.4 is 5.73 Å². The molecule has 1 fully saturated rings. The highest BCUT2D eigenvalue weighted by Gasteiger charge is 2.21. The predicted octanol–water partition coefficient (Wildman–Crippen LogP) is 0.997. The van der Waals surface area contributed by atoms with Gasteiger partial charge in [-0.2, -0.15) is 0 Å². The van der Waals surface area contributed by atoms with Crippen molar-refractivity contribution in [3.63, 3.8) is 0 Å². The normalized spacial score (nSPS) is 25.0. The summed E-state index contributed by atoms with van der Waals surface area (Å²) < 4.78 is 0. The van der Waals surface area contributed by atoms with Crippen molar-refractivity contribution in [1.82, 2.24) is 9.80 Å². The summed E-state index contributed by atoms with van der Waals surface area (Å²) in [5.41, 5.74) is 6.03. The van der Waals surface area contributed by atoms with Gasteiger partial charge in [-0.15, -0.1) is 0 Å². The minimum absolute atomic E-state index is 0.360. The number of hydrogen-bond acceptors (Lipinski definition) is 3. The molecule has 2 unspecified atom stereocenters. The minimum Gasteiger partial charge on any atom is -0.327 e. The molecule has 1 saturated heterocycles. The van der Waals surface area contributed by atoms with Crippen molar-refractivity contribution in [3.8, 4) is 0 Å². The second kappa shape index (κ2) is 6.46. The van der Waals surface area contributed by atoms with E-state index in [1.807, 2.05) is 0 Å². The Balaban J connectivity index is 2.15. The van der Waals surface area contributed by atoms with Crippen LogP contribution in [0.15, 0.2) is 0 Å². The summed E-state index contributed by atoms with van der Waals surface area (Å²) in [6, 6.07) is 0.360. The molecule has 2 atom stereocenters. The monoisotopic (exact) mass is 213 g/mol. The fourth-order valence-electron chi connectivity index (χ4n) is 2.55. The van der Waals surface area contributed by atoms with Gasteiger partial charge in [-0.25, -0.2) is 0 Å². The number of likely N-dealkylation sites (tertiary alicyclic amines) is 1. The quantitative estimate of drug-likeness (QED) is 0.714. The molecule has 0 radical (unpaired) electrons. The molecule has 1 aliphatic heterocycles. The lowest BCUT2D eigenvalue weighted by atomic mass is 10.1. The van der Waals surface area contributed by atoms with E-state index >= 15 is 0 Å². The lowest BCUT2D eigenvalue weighted by Gasteiger charge is -2.23. The van der Waals surface area contributed by atoms with Gasteiger partial charge in [-0.3, -0.25) is 0 Å². The molecule has 0 spiro atoms. The first-order valence-electron chi connectivity index (χ1n) is 6.24. The fraction of sp³-hybridized carbons (Fsp3) is 1.00. The van der Waals surface area contributed by atoms with Crippen LogP contribution in [-0.2, 0) is 0 Å². The number of nitrogens with two attached hydrogens (primary N) is 1. The molecule has 3 heteroatoms. The maximum Gasteiger partial charge on any atom is 0.0167 e. The zero-order chi connectivity index (χ0) is 11.3. The Kier molecular flexibility index (Phi) is 5.58. The maximum atomic E-state index is 6.03. The molecule has 0 bridgehead atoms. The lowest BCUT2D eigenvalue weighted by Crippen LogP contribution is -2.38. The van der Waals surface area contributed by atoms with Crippen LogP contribution in [0.5, 0.6) is 0 Å². The van der Waals surface area contributed by atoms with Gasteiger partial charge < -0.3 is 15.5 Å². The highest BCUT2D eigenvalue weighted by atomic mass is 15.2. The van der Waals surface area contributed by atoms with Crippen LogP contribution in [0, 0.1) is 5.92 Å². The second-order valence-corrected chi connectivity index (χ2v) is 5.19. The number of rotatable bonds is 6. The van der Waals surface area contributed by atoms with Crippen molar-refractivity contribution in [2.75, 3.05) is 40.3 Å². The van der Waals surface area contributed by atoms with E-state index in [2.05, 4.69) is 30.8 Å². The van der Waals surface area contributed by atoms with E-state index in [9.17, 15) is 0 Å². The highest BCUT2D eigenvalue weighted by Crippen LogP contribution is 2.15. The first-order valence-corrected chi connectivity index (χ1v) is 6.24. The summed E-state index contributed by atoms with van der Waals surface area (Å²) in [6.07, 6.45) is 3.69. The Labute approximate surface area is 94.6 Å². The summed E-state index contributed by atoms with van der Waals surface area (Å²) >= 11 is 0. The standard InChI is InChI=1S/C12H27N3/c1-4-5-12(13)10-15(3)9-11-6-7-14(2)8-11/h11-12H,4-10,13H2,1-3H3. The molecule has 0 saturated carbocycles. The molecule has 0 aromatic carbocycles. The van der Waals surface area contributed by atoms with E-state index in [1.165, 1.54) is 32.5 Å². The van der Waals surface area contributed by atoms with E-state index in [1.54, 1.807) is 0 Å². The van der Waals surface area contributed by atoms with E-state index in [-0.39, 0.29) is 0 Å². The van der Waals surface area contributed by atoms with Gasteiger partial charge in [0.1, 0.15) is 0 Å². The van der Waals surface area contributed by atoms with E-state index in [4.69, 9.17) is 5.73 Å². The molecule has 0 aromatic heterocycles. The van der Waals surface area contributed by atoms with Crippen LogP contribution in [0.4, 0.5) is 0 Å². The molecule has 0 amide bonds. The van der Waals surface area contributed by atoms with Crippen LogP contribution in [0.25, 0.3) is 0 Å². The first kappa shape index (κ1) is 12.9. The Bertz CT molecular complexity index is 172. The molecule has 1 aliphatic rings. The van der Waals surface area contributed by atoms with Crippen molar-refractivity contribution in [1.29, 1.82) is 0 Å².